The summed E-state index contributed by atoms with van der Waals surface area (Å²) in [5, 5.41) is 0. The van der Waals surface area contributed by atoms with Gasteiger partial charge in [0.25, 0.3) is 0 Å². The molecule has 1 fully saturated rings. The first-order chi connectivity index (χ1) is 8.55. The second kappa shape index (κ2) is 4.88. The predicted octanol–water partition coefficient (Wildman–Crippen LogP) is 1.38. The lowest BCUT2D eigenvalue weighted by Crippen LogP contribution is -2.64. The minimum atomic E-state index is -0.535. The Morgan fingerprint density at radius 3 is 2.56 bits per heavy atom. The molecule has 0 saturated carbocycles. The van der Waals surface area contributed by atoms with Crippen molar-refractivity contribution in [3.8, 4) is 5.75 Å². The normalized spacial score (nSPS) is 32.2. The minimum absolute atomic E-state index is 0.412. The number of hydrogen-bond acceptors (Lipinski definition) is 4. The molecule has 1 aromatic carbocycles. The van der Waals surface area contributed by atoms with Gasteiger partial charge in [-0.1, -0.05) is 12.1 Å². The van der Waals surface area contributed by atoms with Crippen LogP contribution in [0.5, 0.6) is 5.75 Å². The van der Waals surface area contributed by atoms with E-state index in [4.69, 9.17) is 20.9 Å². The fraction of sp³-hybridized carbons (Fsp3) is 0.571. The van der Waals surface area contributed by atoms with E-state index in [0.29, 0.717) is 6.54 Å². The van der Waals surface area contributed by atoms with E-state index in [9.17, 15) is 0 Å². The molecule has 1 aromatic rings. The standard InChI is InChI=1S/C14H22N2O2/c1-13(11-4-6-12(17-2)7-5-11)14(16,10-15)8-3-9-18-13/h4-7H,3,8-10,15-16H2,1-2H3. The monoisotopic (exact) mass is 250 g/mol. The summed E-state index contributed by atoms with van der Waals surface area (Å²) in [6.07, 6.45) is 1.84. The largest absolute Gasteiger partial charge is 0.497 e. The van der Waals surface area contributed by atoms with Gasteiger partial charge in [-0.2, -0.15) is 0 Å². The molecule has 2 unspecified atom stereocenters. The maximum absolute atomic E-state index is 6.46. The lowest BCUT2D eigenvalue weighted by atomic mass is 9.72. The van der Waals surface area contributed by atoms with Gasteiger partial charge in [0.2, 0.25) is 0 Å². The average Bonchev–Trinajstić information content (AvgIpc) is 2.42. The number of ether oxygens (including phenoxy) is 2. The van der Waals surface area contributed by atoms with Crippen molar-refractivity contribution >= 4 is 0 Å². The zero-order valence-electron chi connectivity index (χ0n) is 11.1. The van der Waals surface area contributed by atoms with Crippen molar-refractivity contribution in [2.24, 2.45) is 11.5 Å². The van der Waals surface area contributed by atoms with Crippen LogP contribution in [0.25, 0.3) is 0 Å². The molecule has 1 saturated heterocycles. The smallest absolute Gasteiger partial charge is 0.118 e. The molecule has 0 aliphatic carbocycles. The lowest BCUT2D eigenvalue weighted by molar-refractivity contribution is -0.123. The molecule has 1 aliphatic heterocycles. The van der Waals surface area contributed by atoms with Crippen molar-refractivity contribution in [1.29, 1.82) is 0 Å². The van der Waals surface area contributed by atoms with Crippen molar-refractivity contribution in [2.75, 3.05) is 20.3 Å². The maximum atomic E-state index is 6.46. The van der Waals surface area contributed by atoms with Crippen LogP contribution in [0.15, 0.2) is 24.3 Å². The van der Waals surface area contributed by atoms with E-state index in [2.05, 4.69) is 0 Å². The highest BCUT2D eigenvalue weighted by atomic mass is 16.5. The summed E-state index contributed by atoms with van der Waals surface area (Å²) in [7, 11) is 1.65. The summed E-state index contributed by atoms with van der Waals surface area (Å²) in [6.45, 7) is 3.16. The van der Waals surface area contributed by atoms with Crippen LogP contribution in [-0.4, -0.2) is 25.8 Å². The van der Waals surface area contributed by atoms with Crippen LogP contribution in [0.2, 0.25) is 0 Å². The molecule has 2 rings (SSSR count). The Kier molecular flexibility index (Phi) is 3.61. The summed E-state index contributed by atoms with van der Waals surface area (Å²) in [4.78, 5) is 0. The molecule has 0 radical (unpaired) electrons. The maximum Gasteiger partial charge on any atom is 0.118 e. The zero-order chi connectivity index (χ0) is 13.2. The summed E-state index contributed by atoms with van der Waals surface area (Å²) in [5.41, 5.74) is 12.3. The molecular weight excluding hydrogens is 228 g/mol. The molecule has 100 valence electrons. The molecule has 0 aromatic heterocycles. The number of hydrogen-bond donors (Lipinski definition) is 2. The fourth-order valence-corrected chi connectivity index (χ4v) is 2.62. The summed E-state index contributed by atoms with van der Waals surface area (Å²) >= 11 is 0. The molecule has 18 heavy (non-hydrogen) atoms. The average molecular weight is 250 g/mol. The van der Waals surface area contributed by atoms with Crippen molar-refractivity contribution in [3.63, 3.8) is 0 Å². The number of rotatable bonds is 3. The first-order valence-corrected chi connectivity index (χ1v) is 6.33. The van der Waals surface area contributed by atoms with Crippen LogP contribution in [0.1, 0.15) is 25.3 Å². The Balaban J connectivity index is 2.37. The van der Waals surface area contributed by atoms with Crippen LogP contribution in [0.3, 0.4) is 0 Å². The van der Waals surface area contributed by atoms with Crippen LogP contribution < -0.4 is 16.2 Å². The van der Waals surface area contributed by atoms with E-state index in [-0.39, 0.29) is 0 Å². The molecule has 4 heteroatoms. The topological polar surface area (TPSA) is 70.5 Å². The highest BCUT2D eigenvalue weighted by molar-refractivity contribution is 5.33. The van der Waals surface area contributed by atoms with Crippen molar-refractivity contribution in [1.82, 2.24) is 0 Å². The molecular formula is C14H22N2O2. The van der Waals surface area contributed by atoms with E-state index in [1.807, 2.05) is 31.2 Å². The Morgan fingerprint density at radius 1 is 1.33 bits per heavy atom. The lowest BCUT2D eigenvalue weighted by Gasteiger charge is -2.49. The highest BCUT2D eigenvalue weighted by Crippen LogP contribution is 2.41. The number of benzene rings is 1. The summed E-state index contributed by atoms with van der Waals surface area (Å²) in [5.74, 6) is 0.827. The van der Waals surface area contributed by atoms with Crippen molar-refractivity contribution in [2.45, 2.75) is 30.9 Å². The van der Waals surface area contributed by atoms with Gasteiger partial charge in [0.05, 0.1) is 12.6 Å². The second-order valence-electron chi connectivity index (χ2n) is 5.07. The van der Waals surface area contributed by atoms with Crippen LogP contribution in [-0.2, 0) is 10.3 Å². The Hall–Kier alpha value is -1.10. The Bertz CT molecular complexity index is 407. The van der Waals surface area contributed by atoms with Gasteiger partial charge in [0.15, 0.2) is 0 Å². The van der Waals surface area contributed by atoms with Crippen LogP contribution in [0.4, 0.5) is 0 Å². The van der Waals surface area contributed by atoms with Gasteiger partial charge in [0.1, 0.15) is 11.4 Å². The van der Waals surface area contributed by atoms with Gasteiger partial charge < -0.3 is 20.9 Å². The predicted molar refractivity (Wildman–Crippen MR) is 71.5 cm³/mol. The van der Waals surface area contributed by atoms with E-state index < -0.39 is 11.1 Å². The van der Waals surface area contributed by atoms with Gasteiger partial charge in [0, 0.05) is 13.2 Å². The van der Waals surface area contributed by atoms with Gasteiger partial charge in [-0.05, 0) is 37.5 Å². The Morgan fingerprint density at radius 2 is 2.00 bits per heavy atom. The molecule has 2 atom stereocenters. The first kappa shape index (κ1) is 13.3. The third-order valence-corrected chi connectivity index (χ3v) is 4.11. The van der Waals surface area contributed by atoms with Crippen LogP contribution >= 0.6 is 0 Å². The van der Waals surface area contributed by atoms with E-state index in [0.717, 1.165) is 30.8 Å². The molecule has 1 aliphatic rings. The highest BCUT2D eigenvalue weighted by Gasteiger charge is 2.48. The molecule has 1 heterocycles. The Labute approximate surface area is 108 Å². The first-order valence-electron chi connectivity index (χ1n) is 6.33. The summed E-state index contributed by atoms with van der Waals surface area (Å²) in [6, 6.07) is 7.85. The quantitative estimate of drug-likeness (QED) is 0.850. The second-order valence-corrected chi connectivity index (χ2v) is 5.07. The molecule has 0 spiro atoms. The van der Waals surface area contributed by atoms with E-state index in [1.54, 1.807) is 7.11 Å². The van der Waals surface area contributed by atoms with Crippen molar-refractivity contribution < 1.29 is 9.47 Å². The molecule has 0 amide bonds. The molecule has 0 bridgehead atoms. The van der Waals surface area contributed by atoms with E-state index >= 15 is 0 Å². The third kappa shape index (κ3) is 2.00. The zero-order valence-corrected chi connectivity index (χ0v) is 11.1. The fourth-order valence-electron chi connectivity index (χ4n) is 2.62. The summed E-state index contributed by atoms with van der Waals surface area (Å²) < 4.78 is 11.2. The number of nitrogens with two attached hydrogens (primary N) is 2. The molecule has 4 N–H and O–H groups in total. The van der Waals surface area contributed by atoms with Gasteiger partial charge in [-0.25, -0.2) is 0 Å². The SMILES string of the molecule is COc1ccc(C2(C)OCCCC2(N)CN)cc1. The minimum Gasteiger partial charge on any atom is -0.497 e. The van der Waals surface area contributed by atoms with Gasteiger partial charge >= 0.3 is 0 Å². The van der Waals surface area contributed by atoms with Gasteiger partial charge in [-0.15, -0.1) is 0 Å². The van der Waals surface area contributed by atoms with Gasteiger partial charge in [-0.3, -0.25) is 0 Å². The number of methoxy groups -OCH3 is 1. The van der Waals surface area contributed by atoms with Crippen molar-refractivity contribution in [3.05, 3.63) is 29.8 Å². The van der Waals surface area contributed by atoms with Crippen LogP contribution in [0, 0.1) is 0 Å². The third-order valence-electron chi connectivity index (χ3n) is 4.11. The molecule has 4 nitrogen and oxygen atoms in total. The van der Waals surface area contributed by atoms with E-state index in [1.165, 1.54) is 0 Å².